The first-order valence-corrected chi connectivity index (χ1v) is 13.4. The van der Waals surface area contributed by atoms with Crippen molar-refractivity contribution in [2.45, 2.75) is 58.5 Å². The van der Waals surface area contributed by atoms with Crippen LogP contribution in [0.1, 0.15) is 46.1 Å². The summed E-state index contributed by atoms with van der Waals surface area (Å²) in [6.45, 7) is 8.02. The van der Waals surface area contributed by atoms with Crippen molar-refractivity contribution in [2.24, 2.45) is 0 Å². The highest BCUT2D eigenvalue weighted by atomic mass is 32.2. The van der Waals surface area contributed by atoms with E-state index in [-0.39, 0.29) is 24.8 Å². The van der Waals surface area contributed by atoms with E-state index >= 15 is 0 Å². The van der Waals surface area contributed by atoms with E-state index in [9.17, 15) is 18.0 Å². The highest BCUT2D eigenvalue weighted by molar-refractivity contribution is 7.92. The number of rotatable bonds is 11. The van der Waals surface area contributed by atoms with Crippen LogP contribution in [-0.4, -0.2) is 56.1 Å². The second-order valence-corrected chi connectivity index (χ2v) is 11.4. The first-order chi connectivity index (χ1) is 15.9. The van der Waals surface area contributed by atoms with Gasteiger partial charge in [0.15, 0.2) is 0 Å². The van der Waals surface area contributed by atoms with Crippen molar-refractivity contribution in [2.75, 3.05) is 23.7 Å². The van der Waals surface area contributed by atoms with Crippen LogP contribution in [0.2, 0.25) is 0 Å². The van der Waals surface area contributed by atoms with Crippen molar-refractivity contribution in [3.05, 3.63) is 66.2 Å². The minimum Gasteiger partial charge on any atom is -0.350 e. The average Bonchev–Trinajstić information content (AvgIpc) is 2.76. The van der Waals surface area contributed by atoms with Gasteiger partial charge in [0, 0.05) is 25.0 Å². The van der Waals surface area contributed by atoms with Crippen LogP contribution in [0.15, 0.2) is 60.7 Å². The van der Waals surface area contributed by atoms with Crippen LogP contribution >= 0.6 is 0 Å². The summed E-state index contributed by atoms with van der Waals surface area (Å²) < 4.78 is 25.9. The van der Waals surface area contributed by atoms with Gasteiger partial charge in [0.2, 0.25) is 21.8 Å². The number of sulfonamides is 1. The smallest absolute Gasteiger partial charge is 0.242 e. The predicted octanol–water partition coefficient (Wildman–Crippen LogP) is 3.61. The molecule has 2 aromatic rings. The highest BCUT2D eigenvalue weighted by Crippen LogP contribution is 2.18. The maximum absolute atomic E-state index is 13.2. The lowest BCUT2D eigenvalue weighted by Crippen LogP contribution is -2.53. The summed E-state index contributed by atoms with van der Waals surface area (Å²) in [6, 6.07) is 18.0. The van der Waals surface area contributed by atoms with Crippen LogP contribution in [0.4, 0.5) is 5.69 Å². The van der Waals surface area contributed by atoms with Gasteiger partial charge in [0.05, 0.1) is 11.9 Å². The maximum atomic E-state index is 13.2. The molecule has 0 spiro atoms. The maximum Gasteiger partial charge on any atom is 0.242 e. The highest BCUT2D eigenvalue weighted by Gasteiger charge is 2.28. The van der Waals surface area contributed by atoms with Crippen LogP contribution in [0.3, 0.4) is 0 Å². The third-order valence-corrected chi connectivity index (χ3v) is 6.54. The number of nitrogens with one attached hydrogen (secondary N) is 1. The Morgan fingerprint density at radius 2 is 1.50 bits per heavy atom. The first-order valence-electron chi connectivity index (χ1n) is 11.6. The molecule has 0 saturated carbocycles. The minimum atomic E-state index is -3.49. The van der Waals surface area contributed by atoms with Gasteiger partial charge < -0.3 is 10.2 Å². The number of amides is 2. The normalized spacial score (nSPS) is 12.6. The molecule has 2 aromatic carbocycles. The van der Waals surface area contributed by atoms with Gasteiger partial charge in [-0.2, -0.15) is 0 Å². The Kier molecular flexibility index (Phi) is 9.67. The Hall–Kier alpha value is -2.87. The quantitative estimate of drug-likeness (QED) is 0.525. The number of para-hydroxylation sites is 1. The van der Waals surface area contributed by atoms with Gasteiger partial charge in [-0.3, -0.25) is 13.9 Å². The van der Waals surface area contributed by atoms with Gasteiger partial charge in [0.25, 0.3) is 0 Å². The third-order valence-electron chi connectivity index (χ3n) is 5.35. The molecule has 34 heavy (non-hydrogen) atoms. The van der Waals surface area contributed by atoms with E-state index in [0.29, 0.717) is 25.1 Å². The molecule has 2 amide bonds. The summed E-state index contributed by atoms with van der Waals surface area (Å²) in [5.41, 5.74) is 1.23. The van der Waals surface area contributed by atoms with Crippen LogP contribution in [0.5, 0.6) is 0 Å². The number of hydrogen-bond donors (Lipinski definition) is 1. The molecule has 8 heteroatoms. The van der Waals surface area contributed by atoms with Crippen molar-refractivity contribution in [3.8, 4) is 0 Å². The third kappa shape index (κ3) is 8.82. The Labute approximate surface area is 204 Å². The number of nitrogens with zero attached hydrogens (tertiary/aromatic N) is 2. The zero-order valence-corrected chi connectivity index (χ0v) is 21.6. The summed E-state index contributed by atoms with van der Waals surface area (Å²) in [7, 11) is -3.49. The van der Waals surface area contributed by atoms with Gasteiger partial charge in [-0.25, -0.2) is 8.42 Å². The zero-order chi connectivity index (χ0) is 25.4. The molecule has 0 heterocycles. The molecule has 0 aliphatic rings. The number of benzene rings is 2. The van der Waals surface area contributed by atoms with Crippen LogP contribution in [0, 0.1) is 0 Å². The average molecular weight is 488 g/mol. The van der Waals surface area contributed by atoms with Crippen molar-refractivity contribution in [1.82, 2.24) is 10.2 Å². The second kappa shape index (κ2) is 12.0. The monoisotopic (exact) mass is 487 g/mol. The summed E-state index contributed by atoms with van der Waals surface area (Å²) in [5, 5.41) is 2.95. The predicted molar refractivity (Wildman–Crippen MR) is 137 cm³/mol. The van der Waals surface area contributed by atoms with Crippen LogP contribution in [-0.2, 0) is 26.0 Å². The topological polar surface area (TPSA) is 86.8 Å². The molecule has 0 unspecified atom stereocenters. The fourth-order valence-electron chi connectivity index (χ4n) is 3.64. The van der Waals surface area contributed by atoms with Crippen molar-refractivity contribution < 1.29 is 18.0 Å². The minimum absolute atomic E-state index is 0.140. The molecule has 0 bridgehead atoms. The Balaban J connectivity index is 2.10. The van der Waals surface area contributed by atoms with Gasteiger partial charge >= 0.3 is 0 Å². The van der Waals surface area contributed by atoms with Gasteiger partial charge in [-0.05, 0) is 58.2 Å². The van der Waals surface area contributed by atoms with Crippen molar-refractivity contribution in [1.29, 1.82) is 0 Å². The van der Waals surface area contributed by atoms with E-state index in [1.165, 1.54) is 4.31 Å². The molecular weight excluding hydrogens is 450 g/mol. The summed E-state index contributed by atoms with van der Waals surface area (Å²) >= 11 is 0. The van der Waals surface area contributed by atoms with E-state index in [4.69, 9.17) is 0 Å². The van der Waals surface area contributed by atoms with Crippen LogP contribution in [0.25, 0.3) is 0 Å². The zero-order valence-electron chi connectivity index (χ0n) is 20.8. The number of hydrogen-bond acceptors (Lipinski definition) is 4. The molecular formula is C26H37N3O4S. The van der Waals surface area contributed by atoms with E-state index in [1.54, 1.807) is 36.1 Å². The van der Waals surface area contributed by atoms with Crippen LogP contribution < -0.4 is 9.62 Å². The number of carbonyl (C=O) groups is 2. The molecule has 0 aliphatic heterocycles. The Bertz CT molecular complexity index is 1030. The van der Waals surface area contributed by atoms with Gasteiger partial charge in [-0.15, -0.1) is 0 Å². The summed E-state index contributed by atoms with van der Waals surface area (Å²) in [6.07, 6.45) is 2.27. The standard InChI is InChI=1S/C26H37N3O4S/c1-21(25(31)27-26(2,3)4)28(20-18-22-13-8-6-9-14-22)24(30)17-12-19-29(34(5,32)33)23-15-10-7-11-16-23/h6-11,13-16,21H,12,17-20H2,1-5H3,(H,27,31)/t21-/m1/s1. The molecule has 0 radical (unpaired) electrons. The van der Waals surface area contributed by atoms with E-state index in [2.05, 4.69) is 5.32 Å². The van der Waals surface area contributed by atoms with E-state index in [1.807, 2.05) is 57.2 Å². The fraction of sp³-hybridized carbons (Fsp3) is 0.462. The van der Waals surface area contributed by atoms with E-state index < -0.39 is 21.6 Å². The number of carbonyl (C=O) groups excluding carboxylic acids is 2. The molecule has 0 aliphatic carbocycles. The molecule has 2 rings (SSSR count). The SMILES string of the molecule is C[C@H](C(=O)NC(C)(C)C)N(CCc1ccccc1)C(=O)CCCN(c1ccccc1)S(C)(=O)=O. The largest absolute Gasteiger partial charge is 0.350 e. The molecule has 0 aromatic heterocycles. The molecule has 0 saturated heterocycles. The van der Waals surface area contributed by atoms with Gasteiger partial charge in [0.1, 0.15) is 6.04 Å². The van der Waals surface area contributed by atoms with Crippen molar-refractivity contribution in [3.63, 3.8) is 0 Å². The van der Waals surface area contributed by atoms with E-state index in [0.717, 1.165) is 11.8 Å². The Morgan fingerprint density at radius 3 is 2.03 bits per heavy atom. The van der Waals surface area contributed by atoms with Crippen molar-refractivity contribution >= 4 is 27.5 Å². The lowest BCUT2D eigenvalue weighted by molar-refractivity contribution is -0.140. The molecule has 186 valence electrons. The summed E-state index contributed by atoms with van der Waals surface area (Å²) in [4.78, 5) is 27.6. The Morgan fingerprint density at radius 1 is 0.941 bits per heavy atom. The molecule has 7 nitrogen and oxygen atoms in total. The lowest BCUT2D eigenvalue weighted by atomic mass is 10.1. The molecule has 0 fully saturated rings. The molecule has 1 N–H and O–H groups in total. The second-order valence-electron chi connectivity index (χ2n) is 9.51. The van der Waals surface area contributed by atoms with Gasteiger partial charge in [-0.1, -0.05) is 48.5 Å². The lowest BCUT2D eigenvalue weighted by Gasteiger charge is -2.32. The number of anilines is 1. The summed E-state index contributed by atoms with van der Waals surface area (Å²) in [5.74, 6) is -0.384. The fourth-order valence-corrected chi connectivity index (χ4v) is 4.61. The first kappa shape index (κ1) is 27.4. The molecule has 1 atom stereocenters.